The van der Waals surface area contributed by atoms with Gasteiger partial charge in [0.05, 0.1) is 0 Å². The number of fused-ring (bicyclic) bond motifs is 1. The molecule has 1 N–H and O–H groups in total. The first-order chi connectivity index (χ1) is 11.7. The van der Waals surface area contributed by atoms with Crippen LogP contribution in [0, 0.1) is 0 Å². The average Bonchev–Trinajstić information content (AvgIpc) is 2.60. The van der Waals surface area contributed by atoms with Gasteiger partial charge in [0.15, 0.2) is 6.29 Å². The van der Waals surface area contributed by atoms with E-state index in [0.29, 0.717) is 5.75 Å². The molecular weight excluding hydrogens is 425 g/mol. The predicted molar refractivity (Wildman–Crippen MR) is 97.5 cm³/mol. The smallest absolute Gasteiger partial charge is 0.212 e. The van der Waals surface area contributed by atoms with Crippen LogP contribution in [-0.4, -0.2) is 11.4 Å². The van der Waals surface area contributed by atoms with Crippen molar-refractivity contribution in [2.75, 3.05) is 0 Å². The average molecular weight is 447 g/mol. The minimum Gasteiger partial charge on any atom is -1.00 e. The molecule has 0 amide bonds. The Labute approximate surface area is 165 Å². The SMILES string of the molecule is CC[n+]1c(/C=C/c2ccc(OC(C)O)cc2)ccc2ccccc21.[I-]. The molecule has 130 valence electrons. The minimum atomic E-state index is -0.799. The Balaban J connectivity index is 0.00000225. The van der Waals surface area contributed by atoms with Crippen LogP contribution in [0.25, 0.3) is 23.1 Å². The van der Waals surface area contributed by atoms with E-state index >= 15 is 0 Å². The van der Waals surface area contributed by atoms with Crippen molar-refractivity contribution in [3.63, 3.8) is 0 Å². The molecule has 3 nitrogen and oxygen atoms in total. The highest BCUT2D eigenvalue weighted by Crippen LogP contribution is 2.16. The molecule has 4 heteroatoms. The quantitative estimate of drug-likeness (QED) is 0.361. The molecule has 3 rings (SSSR count). The zero-order valence-corrected chi connectivity index (χ0v) is 16.6. The lowest BCUT2D eigenvalue weighted by atomic mass is 10.1. The first kappa shape index (κ1) is 19.4. The van der Waals surface area contributed by atoms with Crippen molar-refractivity contribution in [3.05, 3.63) is 71.9 Å². The summed E-state index contributed by atoms with van der Waals surface area (Å²) < 4.78 is 7.55. The number of ether oxygens (including phenoxy) is 1. The third-order valence-electron chi connectivity index (χ3n) is 3.92. The number of benzene rings is 2. The first-order valence-electron chi connectivity index (χ1n) is 8.22. The van der Waals surface area contributed by atoms with Crippen LogP contribution >= 0.6 is 0 Å². The highest BCUT2D eigenvalue weighted by atomic mass is 127. The number of nitrogens with zero attached hydrogens (tertiary/aromatic N) is 1. The van der Waals surface area contributed by atoms with Crippen molar-refractivity contribution in [1.82, 2.24) is 0 Å². The van der Waals surface area contributed by atoms with Gasteiger partial charge < -0.3 is 33.8 Å². The molecule has 0 aliphatic heterocycles. The van der Waals surface area contributed by atoms with Crippen molar-refractivity contribution in [1.29, 1.82) is 0 Å². The van der Waals surface area contributed by atoms with Crippen LogP contribution in [0.4, 0.5) is 0 Å². The van der Waals surface area contributed by atoms with E-state index in [4.69, 9.17) is 4.74 Å². The Morgan fingerprint density at radius 3 is 2.40 bits per heavy atom. The summed E-state index contributed by atoms with van der Waals surface area (Å²) in [6.45, 7) is 4.67. The minimum absolute atomic E-state index is 0. The highest BCUT2D eigenvalue weighted by Gasteiger charge is 2.10. The second-order valence-corrected chi connectivity index (χ2v) is 5.68. The number of halogens is 1. The fourth-order valence-electron chi connectivity index (χ4n) is 2.81. The number of rotatable bonds is 5. The van der Waals surface area contributed by atoms with Gasteiger partial charge >= 0.3 is 0 Å². The van der Waals surface area contributed by atoms with E-state index in [1.807, 2.05) is 24.3 Å². The van der Waals surface area contributed by atoms with Gasteiger partial charge in [-0.15, -0.1) is 0 Å². The molecule has 2 aromatic carbocycles. The number of aliphatic hydroxyl groups is 1. The maximum Gasteiger partial charge on any atom is 0.212 e. The van der Waals surface area contributed by atoms with Gasteiger partial charge in [-0.1, -0.05) is 24.3 Å². The lowest BCUT2D eigenvalue weighted by Gasteiger charge is -2.08. The molecule has 0 fully saturated rings. The standard InChI is InChI=1S/C21H22NO2.HI/c1-3-22-19(13-11-18-6-4-5-7-21(18)22)12-8-17-9-14-20(15-10-17)24-16(2)23;/h4-16,23H,3H2,1-2H3;1H/q+1;/p-1/b12-8+;. The number of aryl methyl sites for hydroxylation is 1. The maximum absolute atomic E-state index is 9.23. The zero-order valence-electron chi connectivity index (χ0n) is 14.4. The zero-order chi connectivity index (χ0) is 16.9. The highest BCUT2D eigenvalue weighted by molar-refractivity contribution is 5.77. The van der Waals surface area contributed by atoms with Crippen molar-refractivity contribution in [3.8, 4) is 5.75 Å². The molecule has 0 saturated heterocycles. The second kappa shape index (κ2) is 8.97. The number of aliphatic hydroxyl groups excluding tert-OH is 1. The van der Waals surface area contributed by atoms with Crippen LogP contribution in [0.5, 0.6) is 5.75 Å². The molecule has 0 aliphatic rings. The van der Waals surface area contributed by atoms with E-state index in [2.05, 4.69) is 60.0 Å². The van der Waals surface area contributed by atoms with Crippen molar-refractivity contribution in [2.24, 2.45) is 0 Å². The van der Waals surface area contributed by atoms with Crippen LogP contribution in [0.1, 0.15) is 25.1 Å². The molecule has 0 bridgehead atoms. The summed E-state index contributed by atoms with van der Waals surface area (Å²) in [5.41, 5.74) is 3.49. The molecule has 0 radical (unpaired) electrons. The van der Waals surface area contributed by atoms with Crippen molar-refractivity contribution < 1.29 is 38.4 Å². The number of para-hydroxylation sites is 1. The Morgan fingerprint density at radius 2 is 1.72 bits per heavy atom. The van der Waals surface area contributed by atoms with E-state index in [-0.39, 0.29) is 24.0 Å². The summed E-state index contributed by atoms with van der Waals surface area (Å²) in [6, 6.07) is 20.4. The maximum atomic E-state index is 9.23. The topological polar surface area (TPSA) is 33.3 Å². The van der Waals surface area contributed by atoms with Crippen LogP contribution in [0.15, 0.2) is 60.7 Å². The van der Waals surface area contributed by atoms with Gasteiger partial charge in [0.25, 0.3) is 0 Å². The fourth-order valence-corrected chi connectivity index (χ4v) is 2.81. The first-order valence-corrected chi connectivity index (χ1v) is 8.22. The van der Waals surface area contributed by atoms with Gasteiger partial charge in [-0.05, 0) is 49.8 Å². The molecule has 1 atom stereocenters. The molecule has 0 spiro atoms. The van der Waals surface area contributed by atoms with E-state index in [1.165, 1.54) is 16.6 Å². The number of hydrogen-bond acceptors (Lipinski definition) is 2. The van der Waals surface area contributed by atoms with Crippen molar-refractivity contribution in [2.45, 2.75) is 26.7 Å². The molecular formula is C21H22INO2. The summed E-state index contributed by atoms with van der Waals surface area (Å²) in [6.07, 6.45) is 3.41. The number of aromatic nitrogens is 1. The monoisotopic (exact) mass is 447 g/mol. The second-order valence-electron chi connectivity index (χ2n) is 5.68. The van der Waals surface area contributed by atoms with Gasteiger partial charge in [-0.3, -0.25) is 0 Å². The van der Waals surface area contributed by atoms with E-state index in [0.717, 1.165) is 12.1 Å². The molecule has 0 aliphatic carbocycles. The lowest BCUT2D eigenvalue weighted by Crippen LogP contribution is -3.00. The van der Waals surface area contributed by atoms with Gasteiger partial charge in [0.2, 0.25) is 11.2 Å². The van der Waals surface area contributed by atoms with Crippen LogP contribution in [-0.2, 0) is 6.54 Å². The summed E-state index contributed by atoms with van der Waals surface area (Å²) >= 11 is 0. The third-order valence-corrected chi connectivity index (χ3v) is 3.92. The number of hydrogen-bond donors (Lipinski definition) is 1. The van der Waals surface area contributed by atoms with Crippen molar-refractivity contribution >= 4 is 23.1 Å². The van der Waals surface area contributed by atoms with Crippen LogP contribution in [0.3, 0.4) is 0 Å². The Hall–Kier alpha value is -1.92. The molecule has 1 unspecified atom stereocenters. The fraction of sp³-hybridized carbons (Fsp3) is 0.190. The van der Waals surface area contributed by atoms with Gasteiger partial charge in [0.1, 0.15) is 12.3 Å². The summed E-state index contributed by atoms with van der Waals surface area (Å²) in [5, 5.41) is 10.5. The third kappa shape index (κ3) is 4.80. The van der Waals surface area contributed by atoms with Gasteiger partial charge in [-0.25, -0.2) is 0 Å². The van der Waals surface area contributed by atoms with E-state index in [1.54, 1.807) is 6.92 Å². The van der Waals surface area contributed by atoms with Gasteiger partial charge in [0, 0.05) is 23.6 Å². The normalized spacial score (nSPS) is 12.1. The Kier molecular flexibility index (Phi) is 6.96. The van der Waals surface area contributed by atoms with E-state index in [9.17, 15) is 5.11 Å². The van der Waals surface area contributed by atoms with E-state index < -0.39 is 6.29 Å². The summed E-state index contributed by atoms with van der Waals surface area (Å²) in [4.78, 5) is 0. The molecule has 1 aromatic heterocycles. The predicted octanol–water partition coefficient (Wildman–Crippen LogP) is 1.04. The summed E-state index contributed by atoms with van der Waals surface area (Å²) in [5.74, 6) is 0.663. The molecule has 0 saturated carbocycles. The molecule has 1 heterocycles. The molecule has 25 heavy (non-hydrogen) atoms. The largest absolute Gasteiger partial charge is 1.00 e. The van der Waals surface area contributed by atoms with Crippen LogP contribution < -0.4 is 33.3 Å². The summed E-state index contributed by atoms with van der Waals surface area (Å²) in [7, 11) is 0. The van der Waals surface area contributed by atoms with Gasteiger partial charge in [-0.2, -0.15) is 4.57 Å². The lowest BCUT2D eigenvalue weighted by molar-refractivity contribution is -0.669. The van der Waals surface area contributed by atoms with Crippen LogP contribution in [0.2, 0.25) is 0 Å². The Bertz CT molecular complexity index is 857. The molecule has 3 aromatic rings. The Morgan fingerprint density at radius 1 is 1.00 bits per heavy atom. The number of pyridine rings is 1.